The lowest BCUT2D eigenvalue weighted by atomic mass is 9.94. The average Bonchev–Trinajstić information content (AvgIpc) is 3.65. The number of nitrogens with zero attached hydrogens (tertiary/aromatic N) is 3. The minimum Gasteiger partial charge on any atom is -0.307 e. The highest BCUT2D eigenvalue weighted by Crippen LogP contribution is 2.33. The minimum atomic E-state index is -3.55. The largest absolute Gasteiger partial charge is 0.325 e. The van der Waals surface area contributed by atoms with Crippen molar-refractivity contribution >= 4 is 49.7 Å². The van der Waals surface area contributed by atoms with Gasteiger partial charge in [0, 0.05) is 29.6 Å². The van der Waals surface area contributed by atoms with Gasteiger partial charge in [-0.3, -0.25) is 15.1 Å². The second kappa shape index (κ2) is 10.8. The summed E-state index contributed by atoms with van der Waals surface area (Å²) < 4.78 is 27.5. The molecule has 1 fully saturated rings. The molecule has 2 amide bonds. The number of thiazole rings is 1. The highest BCUT2D eigenvalue weighted by atomic mass is 32.2. The number of anilines is 3. The van der Waals surface area contributed by atoms with Crippen LogP contribution in [0.2, 0.25) is 0 Å². The van der Waals surface area contributed by atoms with Gasteiger partial charge in [-0.15, -0.1) is 15.8 Å². The molecule has 0 bridgehead atoms. The number of aromatic nitrogens is 1. The molecule has 2 aliphatic rings. The molecule has 1 saturated carbocycles. The molecule has 1 aromatic heterocycles. The van der Waals surface area contributed by atoms with Gasteiger partial charge in [0.15, 0.2) is 10.9 Å². The Bertz CT molecular complexity index is 1460. The number of rotatable bonds is 8. The normalized spacial score (nSPS) is 16.0. The number of nitrogens with one attached hydrogen (secondary N) is 2. The van der Waals surface area contributed by atoms with Crippen molar-refractivity contribution in [3.05, 3.63) is 70.2 Å². The molecular weight excluding hydrogens is 522 g/mol. The van der Waals surface area contributed by atoms with E-state index < -0.39 is 16.1 Å². The Morgan fingerprint density at radius 1 is 1.11 bits per heavy atom. The first-order chi connectivity index (χ1) is 18.2. The fourth-order valence-electron chi connectivity index (χ4n) is 5.06. The molecule has 0 atom stereocenters. The number of aryl methyl sites for hydroxylation is 2. The van der Waals surface area contributed by atoms with Crippen LogP contribution in [0, 0.1) is 12.8 Å². The van der Waals surface area contributed by atoms with Crippen molar-refractivity contribution < 1.29 is 18.0 Å². The van der Waals surface area contributed by atoms with Crippen molar-refractivity contribution in [1.82, 2.24) is 9.40 Å². The predicted molar refractivity (Wildman–Crippen MR) is 150 cm³/mol. The Labute approximate surface area is 226 Å². The number of para-hydroxylation sites is 1. The summed E-state index contributed by atoms with van der Waals surface area (Å²) in [6.07, 6.45) is 5.75. The van der Waals surface area contributed by atoms with Crippen molar-refractivity contribution in [3.63, 3.8) is 0 Å². The molecule has 1 aliphatic carbocycles. The average molecular weight is 554 g/mol. The number of benzene rings is 2. The second-order valence-corrected chi connectivity index (χ2v) is 12.9. The Hall–Kier alpha value is -3.28. The van der Waals surface area contributed by atoms with Gasteiger partial charge in [0.05, 0.1) is 23.7 Å². The summed E-state index contributed by atoms with van der Waals surface area (Å²) in [7, 11) is -1.80. The number of carbonyl (C=O) groups excluding carboxylic acids is 2. The summed E-state index contributed by atoms with van der Waals surface area (Å²) >= 11 is 1.23. The van der Waals surface area contributed by atoms with E-state index in [0.717, 1.165) is 47.4 Å². The third kappa shape index (κ3) is 5.59. The van der Waals surface area contributed by atoms with E-state index in [-0.39, 0.29) is 23.9 Å². The molecule has 11 heteroatoms. The van der Waals surface area contributed by atoms with Crippen LogP contribution in [0.25, 0.3) is 0 Å². The molecule has 0 saturated heterocycles. The van der Waals surface area contributed by atoms with Crippen LogP contribution in [0.3, 0.4) is 0 Å². The second-order valence-electron chi connectivity index (χ2n) is 9.80. The molecule has 5 rings (SSSR count). The highest BCUT2D eigenvalue weighted by Gasteiger charge is 2.33. The number of hydrazine groups is 1. The molecule has 2 heterocycles. The first-order valence-corrected chi connectivity index (χ1v) is 15.1. The molecule has 0 spiro atoms. The SMILES string of the molecule is Cc1ccc(NC(=O)Nc2ncc(CCS(=O)(=O)N3Cc4ccccc4N3C)s2)c(C(=O)C2CCCC2)c1. The van der Waals surface area contributed by atoms with Crippen molar-refractivity contribution in [2.24, 2.45) is 5.92 Å². The van der Waals surface area contributed by atoms with E-state index in [1.807, 2.05) is 43.3 Å². The van der Waals surface area contributed by atoms with Gasteiger partial charge < -0.3 is 5.32 Å². The Morgan fingerprint density at radius 2 is 1.87 bits per heavy atom. The van der Waals surface area contributed by atoms with Gasteiger partial charge >= 0.3 is 6.03 Å². The Balaban J connectivity index is 1.19. The fraction of sp³-hybridized carbons (Fsp3) is 0.370. The number of urea groups is 1. The lowest BCUT2D eigenvalue weighted by molar-refractivity contribution is 0.0923. The third-order valence-electron chi connectivity index (χ3n) is 7.10. The number of Topliss-reactive ketones (excluding diaryl/α,β-unsaturated/α-hetero) is 1. The summed E-state index contributed by atoms with van der Waals surface area (Å²) in [5.41, 5.74) is 3.82. The minimum absolute atomic E-state index is 0.00715. The molecule has 3 aromatic rings. The van der Waals surface area contributed by atoms with E-state index in [4.69, 9.17) is 0 Å². The van der Waals surface area contributed by atoms with Crippen LogP contribution in [-0.2, 0) is 23.0 Å². The standard InChI is InChI=1S/C27H31N5O4S2/c1-18-11-12-23(22(15-18)25(33)19-7-3-4-8-19)29-26(34)30-27-28-16-21(37-27)13-14-38(35,36)32-17-20-9-5-6-10-24(20)31(32)2/h5-6,9-12,15-16,19H,3-4,7-8,13-14,17H2,1-2H3,(H2,28,29,30,34). The van der Waals surface area contributed by atoms with E-state index in [1.165, 1.54) is 15.8 Å². The maximum absolute atomic E-state index is 13.1. The van der Waals surface area contributed by atoms with E-state index in [2.05, 4.69) is 15.6 Å². The Morgan fingerprint density at radius 3 is 2.63 bits per heavy atom. The number of carbonyl (C=O) groups is 2. The van der Waals surface area contributed by atoms with Gasteiger partial charge in [-0.05, 0) is 49.9 Å². The molecule has 200 valence electrons. The van der Waals surface area contributed by atoms with Crippen LogP contribution in [0.5, 0.6) is 0 Å². The Kier molecular flexibility index (Phi) is 7.51. The molecule has 0 unspecified atom stereocenters. The van der Waals surface area contributed by atoms with Crippen LogP contribution in [0.1, 0.15) is 52.0 Å². The van der Waals surface area contributed by atoms with Gasteiger partial charge in [-0.1, -0.05) is 42.7 Å². The first kappa shape index (κ1) is 26.3. The van der Waals surface area contributed by atoms with E-state index in [1.54, 1.807) is 24.3 Å². The van der Waals surface area contributed by atoms with Gasteiger partial charge in [0.1, 0.15) is 0 Å². The van der Waals surface area contributed by atoms with E-state index in [9.17, 15) is 18.0 Å². The molecular formula is C27H31N5O4S2. The fourth-order valence-corrected chi connectivity index (χ4v) is 7.48. The van der Waals surface area contributed by atoms with Gasteiger partial charge in [0.25, 0.3) is 0 Å². The topological polar surface area (TPSA) is 112 Å². The zero-order valence-electron chi connectivity index (χ0n) is 21.4. The van der Waals surface area contributed by atoms with E-state index >= 15 is 0 Å². The van der Waals surface area contributed by atoms with Crippen molar-refractivity contribution in [2.45, 2.75) is 45.6 Å². The summed E-state index contributed by atoms with van der Waals surface area (Å²) in [5.74, 6) is 0.00790. The number of hydrogen-bond donors (Lipinski definition) is 2. The summed E-state index contributed by atoms with van der Waals surface area (Å²) in [6.45, 7) is 2.24. The maximum atomic E-state index is 13.1. The molecule has 38 heavy (non-hydrogen) atoms. The zero-order chi connectivity index (χ0) is 26.9. The van der Waals surface area contributed by atoms with Crippen LogP contribution < -0.4 is 15.6 Å². The first-order valence-electron chi connectivity index (χ1n) is 12.7. The van der Waals surface area contributed by atoms with Gasteiger partial charge in [0.2, 0.25) is 10.0 Å². The van der Waals surface area contributed by atoms with Crippen LogP contribution >= 0.6 is 11.3 Å². The molecule has 9 nitrogen and oxygen atoms in total. The number of sulfonamides is 1. The molecule has 2 N–H and O–H groups in total. The van der Waals surface area contributed by atoms with Crippen molar-refractivity contribution in [3.8, 4) is 0 Å². The van der Waals surface area contributed by atoms with Crippen LogP contribution in [0.15, 0.2) is 48.7 Å². The van der Waals surface area contributed by atoms with Crippen LogP contribution in [-0.4, -0.2) is 42.4 Å². The molecule has 2 aromatic carbocycles. The predicted octanol–water partition coefficient (Wildman–Crippen LogP) is 5.21. The molecule has 0 radical (unpaired) electrons. The summed E-state index contributed by atoms with van der Waals surface area (Å²) in [5, 5.41) is 7.53. The van der Waals surface area contributed by atoms with Crippen LogP contribution in [0.4, 0.5) is 21.3 Å². The van der Waals surface area contributed by atoms with Gasteiger partial charge in [-0.2, -0.15) is 0 Å². The quantitative estimate of drug-likeness (QED) is 0.371. The van der Waals surface area contributed by atoms with Crippen molar-refractivity contribution in [1.29, 1.82) is 0 Å². The summed E-state index contributed by atoms with van der Waals surface area (Å²) in [4.78, 5) is 30.8. The van der Waals surface area contributed by atoms with E-state index in [0.29, 0.717) is 22.9 Å². The highest BCUT2D eigenvalue weighted by molar-refractivity contribution is 7.89. The lowest BCUT2D eigenvalue weighted by Gasteiger charge is -2.25. The summed E-state index contributed by atoms with van der Waals surface area (Å²) in [6, 6.07) is 12.6. The monoisotopic (exact) mass is 553 g/mol. The molecule has 1 aliphatic heterocycles. The maximum Gasteiger partial charge on any atom is 0.325 e. The van der Waals surface area contributed by atoms with Gasteiger partial charge in [-0.25, -0.2) is 18.2 Å². The number of hydrogen-bond acceptors (Lipinski definition) is 7. The van der Waals surface area contributed by atoms with Crippen molar-refractivity contribution in [2.75, 3.05) is 28.4 Å². The lowest BCUT2D eigenvalue weighted by Crippen LogP contribution is -2.41. The number of fused-ring (bicyclic) bond motifs is 1. The number of amides is 2. The zero-order valence-corrected chi connectivity index (χ0v) is 23.1. The third-order valence-corrected chi connectivity index (χ3v) is 9.81. The smallest absolute Gasteiger partial charge is 0.307 e. The number of ketones is 1.